The van der Waals surface area contributed by atoms with Gasteiger partial charge in [0, 0.05) is 53.4 Å². The van der Waals surface area contributed by atoms with Crippen molar-refractivity contribution in [1.82, 2.24) is 15.0 Å². The molecule has 2 atom stereocenters. The van der Waals surface area contributed by atoms with E-state index in [1.54, 1.807) is 18.2 Å². The summed E-state index contributed by atoms with van der Waals surface area (Å²) in [4.78, 5) is 8.20. The number of anilines is 2. The Hall–Kier alpha value is -4.84. The van der Waals surface area contributed by atoms with Gasteiger partial charge in [0.25, 0.3) is 0 Å². The molecular weight excluding hydrogens is 564 g/mol. The molecule has 2 aromatic carbocycles. The van der Waals surface area contributed by atoms with Crippen LogP contribution in [0.15, 0.2) is 78.9 Å². The third kappa shape index (κ3) is 6.34. The molecule has 43 heavy (non-hydrogen) atoms. The van der Waals surface area contributed by atoms with Crippen LogP contribution in [-0.2, 0) is 5.44 Å². The summed E-state index contributed by atoms with van der Waals surface area (Å²) < 4.78 is 15.1. The zero-order valence-electron chi connectivity index (χ0n) is 23.1. The molecule has 0 saturated heterocycles. The molecule has 0 bridgehead atoms. The molecule has 5 rings (SSSR count). The standard InChI is InChI=1S/C31H28BClFN9/c32-31(24-8-5-13-39-30(24)34,27(37)18-43(38)22-10-11-22)42-21-14-23-28(20(16-36)17-40-29(23)25(33)15-21)41-26(9-4-12-35)19-6-2-1-3-7-19/h1-3,5-8,13-15,17-18,22,26,42H,4,9-11,37-38H2,(H,40,41)/b27-18-/t26-,31?/m1/s1. The average molecular weight is 592 g/mol. The van der Waals surface area contributed by atoms with Crippen molar-refractivity contribution < 1.29 is 4.39 Å². The lowest BCUT2D eigenvalue weighted by atomic mass is 9.70. The smallest absolute Gasteiger partial charge is 0.217 e. The highest BCUT2D eigenvalue weighted by Gasteiger charge is 2.35. The first kappa shape index (κ1) is 29.7. The van der Waals surface area contributed by atoms with Crippen LogP contribution in [0.25, 0.3) is 10.9 Å². The van der Waals surface area contributed by atoms with Gasteiger partial charge in [-0.25, -0.2) is 10.8 Å². The first-order chi connectivity index (χ1) is 20.7. The molecule has 9 nitrogen and oxygen atoms in total. The second kappa shape index (κ2) is 12.6. The first-order valence-electron chi connectivity index (χ1n) is 13.6. The molecule has 2 aromatic heterocycles. The number of nitrogens with one attached hydrogen (secondary N) is 2. The molecule has 1 aliphatic rings. The van der Waals surface area contributed by atoms with Gasteiger partial charge in [0.2, 0.25) is 5.95 Å². The molecule has 2 radical (unpaired) electrons. The quantitative estimate of drug-likeness (QED) is 0.0785. The maximum Gasteiger partial charge on any atom is 0.217 e. The normalized spacial score (nSPS) is 15.1. The highest BCUT2D eigenvalue weighted by molar-refractivity contribution is 6.36. The van der Waals surface area contributed by atoms with E-state index in [-0.39, 0.29) is 33.9 Å². The molecule has 1 aliphatic carbocycles. The van der Waals surface area contributed by atoms with Gasteiger partial charge in [-0.1, -0.05) is 48.0 Å². The Morgan fingerprint density at radius 3 is 2.65 bits per heavy atom. The van der Waals surface area contributed by atoms with E-state index in [0.717, 1.165) is 18.4 Å². The number of halogens is 2. The number of nitriles is 2. The highest BCUT2D eigenvalue weighted by Crippen LogP contribution is 2.38. The van der Waals surface area contributed by atoms with Crippen LogP contribution in [0.1, 0.15) is 48.4 Å². The van der Waals surface area contributed by atoms with Crippen LogP contribution >= 0.6 is 11.6 Å². The van der Waals surface area contributed by atoms with E-state index in [2.05, 4.69) is 32.7 Å². The number of nitrogens with two attached hydrogens (primary N) is 2. The van der Waals surface area contributed by atoms with Crippen LogP contribution in [0.4, 0.5) is 15.8 Å². The van der Waals surface area contributed by atoms with Crippen LogP contribution in [-0.4, -0.2) is 28.9 Å². The average Bonchev–Trinajstić information content (AvgIpc) is 3.86. The van der Waals surface area contributed by atoms with E-state index in [9.17, 15) is 10.5 Å². The summed E-state index contributed by atoms with van der Waals surface area (Å²) in [7, 11) is 6.84. The number of hydrogen-bond acceptors (Lipinski definition) is 9. The molecule has 1 saturated carbocycles. The second-order valence-electron chi connectivity index (χ2n) is 10.4. The Kier molecular flexibility index (Phi) is 8.67. The van der Waals surface area contributed by atoms with Crippen molar-refractivity contribution in [3.05, 3.63) is 107 Å². The lowest BCUT2D eigenvalue weighted by molar-refractivity contribution is 0.376. The lowest BCUT2D eigenvalue weighted by Crippen LogP contribution is -2.44. The Labute approximate surface area is 255 Å². The van der Waals surface area contributed by atoms with Gasteiger partial charge in [-0.2, -0.15) is 14.9 Å². The molecule has 1 fully saturated rings. The highest BCUT2D eigenvalue weighted by atomic mass is 35.5. The summed E-state index contributed by atoms with van der Waals surface area (Å²) in [5, 5.41) is 28.2. The van der Waals surface area contributed by atoms with Gasteiger partial charge in [0.05, 0.1) is 39.3 Å². The van der Waals surface area contributed by atoms with Crippen molar-refractivity contribution >= 4 is 41.7 Å². The number of nitrogens with zero attached hydrogens (tertiary/aromatic N) is 5. The van der Waals surface area contributed by atoms with Gasteiger partial charge in [0.15, 0.2) is 0 Å². The van der Waals surface area contributed by atoms with Crippen LogP contribution in [0.3, 0.4) is 0 Å². The summed E-state index contributed by atoms with van der Waals surface area (Å²) in [5.74, 6) is 5.35. The Morgan fingerprint density at radius 2 is 1.98 bits per heavy atom. The lowest BCUT2D eigenvalue weighted by Gasteiger charge is -2.35. The molecule has 6 N–H and O–H groups in total. The fourth-order valence-electron chi connectivity index (χ4n) is 4.91. The van der Waals surface area contributed by atoms with E-state index >= 15 is 4.39 Å². The number of pyridine rings is 2. The predicted molar refractivity (Wildman–Crippen MR) is 166 cm³/mol. The third-order valence-electron chi connectivity index (χ3n) is 7.35. The minimum absolute atomic E-state index is 0.00735. The molecule has 0 aliphatic heterocycles. The van der Waals surface area contributed by atoms with Gasteiger partial charge in [-0.15, -0.1) is 0 Å². The molecule has 0 spiro atoms. The van der Waals surface area contributed by atoms with E-state index in [1.165, 1.54) is 29.7 Å². The van der Waals surface area contributed by atoms with Crippen LogP contribution in [0, 0.1) is 28.6 Å². The van der Waals surface area contributed by atoms with E-state index < -0.39 is 11.4 Å². The molecule has 12 heteroatoms. The minimum Gasteiger partial charge on any atom is -0.399 e. The van der Waals surface area contributed by atoms with E-state index in [1.807, 2.05) is 30.3 Å². The van der Waals surface area contributed by atoms with Gasteiger partial charge in [-0.05, 0) is 43.0 Å². The van der Waals surface area contributed by atoms with Crippen LogP contribution in [0.5, 0.6) is 0 Å². The maximum atomic E-state index is 15.1. The number of benzene rings is 2. The van der Waals surface area contributed by atoms with Crippen molar-refractivity contribution in [2.45, 2.75) is 43.2 Å². The largest absolute Gasteiger partial charge is 0.399 e. The van der Waals surface area contributed by atoms with Crippen molar-refractivity contribution in [3.63, 3.8) is 0 Å². The van der Waals surface area contributed by atoms with Gasteiger partial charge in [0.1, 0.15) is 13.9 Å². The number of hydrogen-bond donors (Lipinski definition) is 4. The molecule has 0 amide bonds. The topological polar surface area (TPSA) is 153 Å². The molecular formula is C31H28BClFN9. The third-order valence-corrected chi connectivity index (χ3v) is 7.64. The zero-order valence-corrected chi connectivity index (χ0v) is 23.9. The second-order valence-corrected chi connectivity index (χ2v) is 10.8. The van der Waals surface area contributed by atoms with Crippen LogP contribution in [0.2, 0.25) is 5.02 Å². The van der Waals surface area contributed by atoms with Crippen molar-refractivity contribution in [1.29, 1.82) is 10.5 Å². The van der Waals surface area contributed by atoms with E-state index in [4.69, 9.17) is 31.0 Å². The zero-order chi connectivity index (χ0) is 30.6. The van der Waals surface area contributed by atoms with Crippen molar-refractivity contribution in [3.8, 4) is 12.1 Å². The summed E-state index contributed by atoms with van der Waals surface area (Å²) in [6.45, 7) is 0. The fraction of sp³-hybridized carbons (Fsp3) is 0.226. The Bertz CT molecular complexity index is 1750. The number of aromatic nitrogens is 2. The molecule has 2 heterocycles. The summed E-state index contributed by atoms with van der Waals surface area (Å²) >= 11 is 6.73. The fourth-order valence-corrected chi connectivity index (χ4v) is 5.17. The Balaban J connectivity index is 1.62. The van der Waals surface area contributed by atoms with Gasteiger partial charge in [-0.3, -0.25) is 4.98 Å². The van der Waals surface area contributed by atoms with Gasteiger partial charge >= 0.3 is 0 Å². The Morgan fingerprint density at radius 1 is 1.21 bits per heavy atom. The number of fused-ring (bicyclic) bond motifs is 1. The molecule has 4 aromatic rings. The summed E-state index contributed by atoms with van der Waals surface area (Å²) in [6.07, 6.45) is 6.86. The monoisotopic (exact) mass is 591 g/mol. The van der Waals surface area contributed by atoms with Gasteiger partial charge < -0.3 is 21.4 Å². The predicted octanol–water partition coefficient (Wildman–Crippen LogP) is 5.32. The number of hydrazine groups is 1. The molecule has 1 unspecified atom stereocenters. The van der Waals surface area contributed by atoms with E-state index in [0.29, 0.717) is 35.1 Å². The SMILES string of the molecule is [B]C(Nc1cc(Cl)c2ncc(C#N)c(N[C@H](CCC#N)c3ccccc3)c2c1)(/C(N)=C/N(N)C1CC1)c1cccnc1F. The first-order valence-corrected chi connectivity index (χ1v) is 14.0. The summed E-state index contributed by atoms with van der Waals surface area (Å²) in [5.41, 5.74) is 7.27. The minimum atomic E-state index is -1.78. The molecule has 214 valence electrons. The summed E-state index contributed by atoms with van der Waals surface area (Å²) in [6, 6.07) is 20.2. The number of rotatable bonds is 11. The maximum absolute atomic E-state index is 15.1. The van der Waals surface area contributed by atoms with Crippen molar-refractivity contribution in [2.75, 3.05) is 10.6 Å². The van der Waals surface area contributed by atoms with Crippen LogP contribution < -0.4 is 22.2 Å². The van der Waals surface area contributed by atoms with Crippen molar-refractivity contribution in [2.24, 2.45) is 11.6 Å².